The van der Waals surface area contributed by atoms with Crippen molar-refractivity contribution < 1.29 is 9.50 Å². The molecule has 2 nitrogen and oxygen atoms in total. The van der Waals surface area contributed by atoms with E-state index in [1.165, 1.54) is 17.7 Å². The third-order valence-corrected chi connectivity index (χ3v) is 5.07. The fraction of sp³-hybridized carbons (Fsp3) is 0.429. The number of nitrogens with zero attached hydrogens (tertiary/aromatic N) is 1. The second-order valence-corrected chi connectivity index (χ2v) is 6.83. The molecule has 0 bridgehead atoms. The Morgan fingerprint density at radius 3 is 2.29 bits per heavy atom. The van der Waals surface area contributed by atoms with Crippen LogP contribution in [0, 0.1) is 11.7 Å². The van der Waals surface area contributed by atoms with Crippen LogP contribution in [0.1, 0.15) is 30.4 Å². The summed E-state index contributed by atoms with van der Waals surface area (Å²) in [6, 6.07) is 17.2. The molecule has 24 heavy (non-hydrogen) atoms. The van der Waals surface area contributed by atoms with Crippen LogP contribution in [0.3, 0.4) is 0 Å². The Balaban J connectivity index is 1.41. The van der Waals surface area contributed by atoms with Gasteiger partial charge in [-0.3, -0.25) is 4.90 Å². The highest BCUT2D eigenvalue weighted by molar-refractivity contribution is 5.16. The summed E-state index contributed by atoms with van der Waals surface area (Å²) < 4.78 is 12.9. The second kappa shape index (κ2) is 8.41. The van der Waals surface area contributed by atoms with Gasteiger partial charge in [0.1, 0.15) is 5.82 Å². The minimum atomic E-state index is -0.256. The summed E-state index contributed by atoms with van der Waals surface area (Å²) in [5.74, 6) is 0.183. The standard InChI is InChI=1S/C21H26FNO/c22-20-9-6-17(7-10-20)8-11-21(24)19-12-14-23(15-13-19)16-18-4-2-1-3-5-18/h1-7,9-10,19,21,24H,8,11-16H2. The molecule has 2 aromatic rings. The molecule has 0 aromatic heterocycles. The number of aliphatic hydroxyl groups is 1. The molecule has 1 fully saturated rings. The van der Waals surface area contributed by atoms with Gasteiger partial charge in [0, 0.05) is 6.54 Å². The highest BCUT2D eigenvalue weighted by Crippen LogP contribution is 2.24. The first kappa shape index (κ1) is 17.1. The zero-order chi connectivity index (χ0) is 16.8. The van der Waals surface area contributed by atoms with Gasteiger partial charge in [-0.05, 0) is 68.0 Å². The Hall–Kier alpha value is -1.71. The third-order valence-electron chi connectivity index (χ3n) is 5.07. The lowest BCUT2D eigenvalue weighted by Gasteiger charge is -2.34. The van der Waals surface area contributed by atoms with Crippen molar-refractivity contribution in [3.8, 4) is 0 Å². The lowest BCUT2D eigenvalue weighted by molar-refractivity contribution is 0.0519. The number of benzene rings is 2. The zero-order valence-corrected chi connectivity index (χ0v) is 14.1. The molecule has 0 radical (unpaired) electrons. The summed E-state index contributed by atoms with van der Waals surface area (Å²) in [5.41, 5.74) is 2.45. The molecule has 1 N–H and O–H groups in total. The molecule has 1 atom stereocenters. The number of aryl methyl sites for hydroxylation is 1. The molecule has 0 aliphatic carbocycles. The molecule has 1 aliphatic rings. The quantitative estimate of drug-likeness (QED) is 0.866. The normalized spacial score (nSPS) is 17.8. The Kier molecular flexibility index (Phi) is 6.00. The maximum Gasteiger partial charge on any atom is 0.123 e. The lowest BCUT2D eigenvalue weighted by Crippen LogP contribution is -2.37. The highest BCUT2D eigenvalue weighted by Gasteiger charge is 2.24. The average Bonchev–Trinajstić information content (AvgIpc) is 2.62. The summed E-state index contributed by atoms with van der Waals surface area (Å²) in [6.45, 7) is 3.10. The van der Waals surface area contributed by atoms with E-state index in [9.17, 15) is 9.50 Å². The van der Waals surface area contributed by atoms with Crippen LogP contribution in [-0.2, 0) is 13.0 Å². The molecule has 2 aromatic carbocycles. The van der Waals surface area contributed by atoms with Crippen molar-refractivity contribution in [1.82, 2.24) is 4.90 Å². The molecular formula is C21H26FNO. The number of halogens is 1. The maximum atomic E-state index is 12.9. The summed E-state index contributed by atoms with van der Waals surface area (Å²) in [6.07, 6.45) is 3.42. The first-order valence-electron chi connectivity index (χ1n) is 8.89. The summed E-state index contributed by atoms with van der Waals surface area (Å²) in [5, 5.41) is 10.5. The van der Waals surface area contributed by atoms with Crippen molar-refractivity contribution in [2.45, 2.75) is 38.3 Å². The van der Waals surface area contributed by atoms with Crippen LogP contribution < -0.4 is 0 Å². The van der Waals surface area contributed by atoms with E-state index in [0.717, 1.165) is 50.9 Å². The molecule has 1 saturated heterocycles. The molecule has 3 heteroatoms. The molecule has 1 aliphatic heterocycles. The summed E-state index contributed by atoms with van der Waals surface area (Å²) in [7, 11) is 0. The van der Waals surface area contributed by atoms with Crippen LogP contribution in [-0.4, -0.2) is 29.2 Å². The van der Waals surface area contributed by atoms with Crippen LogP contribution >= 0.6 is 0 Å². The van der Waals surface area contributed by atoms with E-state index in [1.54, 1.807) is 0 Å². The molecule has 1 unspecified atom stereocenters. The van der Waals surface area contributed by atoms with Gasteiger partial charge < -0.3 is 5.11 Å². The van der Waals surface area contributed by atoms with E-state index in [4.69, 9.17) is 0 Å². The summed E-state index contributed by atoms with van der Waals surface area (Å²) in [4.78, 5) is 2.47. The van der Waals surface area contributed by atoms with Gasteiger partial charge in [0.2, 0.25) is 0 Å². The number of aliphatic hydroxyl groups excluding tert-OH is 1. The van der Waals surface area contributed by atoms with E-state index in [1.807, 2.05) is 18.2 Å². The fourth-order valence-electron chi connectivity index (χ4n) is 3.54. The Labute approximate surface area is 143 Å². The SMILES string of the molecule is OC(CCc1ccc(F)cc1)C1CCN(Cc2ccccc2)CC1. The first-order chi connectivity index (χ1) is 11.7. The Bertz CT molecular complexity index is 605. The van der Waals surface area contributed by atoms with Crippen LogP contribution in [0.25, 0.3) is 0 Å². The van der Waals surface area contributed by atoms with E-state index in [-0.39, 0.29) is 11.9 Å². The smallest absolute Gasteiger partial charge is 0.123 e. The van der Waals surface area contributed by atoms with Crippen molar-refractivity contribution in [1.29, 1.82) is 0 Å². The third kappa shape index (κ3) is 4.89. The van der Waals surface area contributed by atoms with E-state index in [0.29, 0.717) is 5.92 Å². The molecule has 128 valence electrons. The summed E-state index contributed by atoms with van der Waals surface area (Å²) >= 11 is 0. The minimum absolute atomic E-state index is 0.204. The van der Waals surface area contributed by atoms with Gasteiger partial charge in [-0.1, -0.05) is 42.5 Å². The number of hydrogen-bond acceptors (Lipinski definition) is 2. The molecule has 1 heterocycles. The monoisotopic (exact) mass is 327 g/mol. The average molecular weight is 327 g/mol. The van der Waals surface area contributed by atoms with Crippen molar-refractivity contribution in [2.24, 2.45) is 5.92 Å². The number of likely N-dealkylation sites (tertiary alicyclic amines) is 1. The van der Waals surface area contributed by atoms with Crippen molar-refractivity contribution in [3.63, 3.8) is 0 Å². The maximum absolute atomic E-state index is 12.9. The van der Waals surface area contributed by atoms with Crippen molar-refractivity contribution in [2.75, 3.05) is 13.1 Å². The van der Waals surface area contributed by atoms with Gasteiger partial charge >= 0.3 is 0 Å². The van der Waals surface area contributed by atoms with Gasteiger partial charge in [0.25, 0.3) is 0 Å². The van der Waals surface area contributed by atoms with Gasteiger partial charge in [-0.2, -0.15) is 0 Å². The van der Waals surface area contributed by atoms with Crippen molar-refractivity contribution >= 4 is 0 Å². The molecule has 0 saturated carbocycles. The number of hydrogen-bond donors (Lipinski definition) is 1. The van der Waals surface area contributed by atoms with Crippen LogP contribution in [0.15, 0.2) is 54.6 Å². The fourth-order valence-corrected chi connectivity index (χ4v) is 3.54. The largest absolute Gasteiger partial charge is 0.393 e. The van der Waals surface area contributed by atoms with Crippen LogP contribution in [0.5, 0.6) is 0 Å². The predicted molar refractivity (Wildman–Crippen MR) is 95.2 cm³/mol. The lowest BCUT2D eigenvalue weighted by atomic mass is 9.88. The Morgan fingerprint density at radius 1 is 0.958 bits per heavy atom. The molecule has 0 spiro atoms. The second-order valence-electron chi connectivity index (χ2n) is 6.83. The topological polar surface area (TPSA) is 23.5 Å². The van der Waals surface area contributed by atoms with Gasteiger partial charge in [0.15, 0.2) is 0 Å². The van der Waals surface area contributed by atoms with Gasteiger partial charge in [-0.25, -0.2) is 4.39 Å². The highest BCUT2D eigenvalue weighted by atomic mass is 19.1. The molecule has 0 amide bonds. The van der Waals surface area contributed by atoms with Crippen LogP contribution in [0.4, 0.5) is 4.39 Å². The van der Waals surface area contributed by atoms with Crippen LogP contribution in [0.2, 0.25) is 0 Å². The van der Waals surface area contributed by atoms with Gasteiger partial charge in [0.05, 0.1) is 6.10 Å². The van der Waals surface area contributed by atoms with Crippen molar-refractivity contribution in [3.05, 3.63) is 71.5 Å². The van der Waals surface area contributed by atoms with Gasteiger partial charge in [-0.15, -0.1) is 0 Å². The van der Waals surface area contributed by atoms with E-state index >= 15 is 0 Å². The van der Waals surface area contributed by atoms with E-state index < -0.39 is 0 Å². The van der Waals surface area contributed by atoms with E-state index in [2.05, 4.69) is 29.2 Å². The Morgan fingerprint density at radius 2 is 1.62 bits per heavy atom. The molecule has 3 rings (SSSR count). The number of piperidine rings is 1. The predicted octanol–water partition coefficient (Wildman–Crippen LogP) is 4.03. The number of rotatable bonds is 6. The first-order valence-corrected chi connectivity index (χ1v) is 8.89. The minimum Gasteiger partial charge on any atom is -0.393 e. The molecular weight excluding hydrogens is 301 g/mol. The zero-order valence-electron chi connectivity index (χ0n) is 14.1.